The van der Waals surface area contributed by atoms with E-state index in [1.165, 1.54) is 0 Å². The predicted molar refractivity (Wildman–Crippen MR) is 103 cm³/mol. The number of amides is 2. The molecule has 2 amide bonds. The minimum atomic E-state index is -0.360. The lowest BCUT2D eigenvalue weighted by Crippen LogP contribution is -2.54. The fourth-order valence-corrected chi connectivity index (χ4v) is 3.75. The molecule has 0 N–H and O–H groups in total. The van der Waals surface area contributed by atoms with Crippen molar-refractivity contribution in [1.82, 2.24) is 9.80 Å². The van der Waals surface area contributed by atoms with Crippen molar-refractivity contribution >= 4 is 12.0 Å². The van der Waals surface area contributed by atoms with E-state index in [9.17, 15) is 9.59 Å². The summed E-state index contributed by atoms with van der Waals surface area (Å²) in [6.45, 7) is 6.33. The second kappa shape index (κ2) is 8.56. The molecule has 0 bridgehead atoms. The molecule has 1 aliphatic carbocycles. The minimum absolute atomic E-state index is 0.0180. The summed E-state index contributed by atoms with van der Waals surface area (Å²) in [6, 6.07) is 9.73. The molecule has 26 heavy (non-hydrogen) atoms. The van der Waals surface area contributed by atoms with E-state index in [4.69, 9.17) is 4.74 Å². The van der Waals surface area contributed by atoms with Crippen LogP contribution in [0.1, 0.15) is 52.0 Å². The SMILES string of the molecule is CN(C)C(=O)[C@H]1CCC[C@@H](N(C(=O)OCc2ccccc2)C(C)(C)C)C1. The molecule has 1 aromatic rings. The van der Waals surface area contributed by atoms with E-state index in [1.807, 2.05) is 56.0 Å². The smallest absolute Gasteiger partial charge is 0.410 e. The zero-order chi connectivity index (χ0) is 19.3. The van der Waals surface area contributed by atoms with E-state index >= 15 is 0 Å². The van der Waals surface area contributed by atoms with Crippen LogP contribution in [-0.2, 0) is 16.1 Å². The summed E-state index contributed by atoms with van der Waals surface area (Å²) in [4.78, 5) is 28.8. The number of carbonyl (C=O) groups excluding carboxylic acids is 2. The van der Waals surface area contributed by atoms with E-state index in [1.54, 1.807) is 19.0 Å². The van der Waals surface area contributed by atoms with Crippen molar-refractivity contribution in [3.05, 3.63) is 35.9 Å². The molecule has 0 spiro atoms. The molecule has 1 aromatic carbocycles. The Morgan fingerprint density at radius 3 is 2.35 bits per heavy atom. The number of nitrogens with zero attached hydrogens (tertiary/aromatic N) is 2. The Morgan fingerprint density at radius 2 is 1.77 bits per heavy atom. The molecule has 0 unspecified atom stereocenters. The average molecular weight is 360 g/mol. The standard InChI is InChI=1S/C21H32N2O3/c1-21(2,3)23(20(25)26-15-16-10-7-6-8-11-16)18-13-9-12-17(14-18)19(24)22(4)5/h6-8,10-11,17-18H,9,12-15H2,1-5H3/t17-,18+/m0/s1. The van der Waals surface area contributed by atoms with Crippen LogP contribution in [0.3, 0.4) is 0 Å². The molecule has 0 saturated heterocycles. The van der Waals surface area contributed by atoms with Crippen molar-refractivity contribution in [2.75, 3.05) is 14.1 Å². The Hall–Kier alpha value is -2.04. The predicted octanol–water partition coefficient (Wildman–Crippen LogP) is 4.07. The van der Waals surface area contributed by atoms with Crippen LogP contribution in [0.15, 0.2) is 30.3 Å². The molecule has 0 aliphatic heterocycles. The van der Waals surface area contributed by atoms with Gasteiger partial charge in [-0.25, -0.2) is 4.79 Å². The van der Waals surface area contributed by atoms with Crippen LogP contribution in [0.4, 0.5) is 4.79 Å². The van der Waals surface area contributed by atoms with Crippen LogP contribution < -0.4 is 0 Å². The lowest BCUT2D eigenvalue weighted by atomic mass is 9.83. The first kappa shape index (κ1) is 20.3. The molecule has 0 radical (unpaired) electrons. The summed E-state index contributed by atoms with van der Waals surface area (Å²) in [6.07, 6.45) is 3.16. The van der Waals surface area contributed by atoms with Gasteiger partial charge in [-0.05, 0) is 45.6 Å². The number of hydrogen-bond acceptors (Lipinski definition) is 3. The molecule has 1 saturated carbocycles. The van der Waals surface area contributed by atoms with E-state index in [-0.39, 0.29) is 36.1 Å². The molecular formula is C21H32N2O3. The van der Waals surface area contributed by atoms with Gasteiger partial charge in [-0.2, -0.15) is 0 Å². The summed E-state index contributed by atoms with van der Waals surface area (Å²) in [5.74, 6) is 0.136. The molecule has 5 nitrogen and oxygen atoms in total. The first-order valence-electron chi connectivity index (χ1n) is 9.41. The third-order valence-corrected chi connectivity index (χ3v) is 4.93. The zero-order valence-corrected chi connectivity index (χ0v) is 16.7. The molecule has 0 aromatic heterocycles. The average Bonchev–Trinajstić information content (AvgIpc) is 2.59. The van der Waals surface area contributed by atoms with E-state index < -0.39 is 0 Å². The summed E-state index contributed by atoms with van der Waals surface area (Å²) < 4.78 is 5.60. The van der Waals surface area contributed by atoms with Crippen LogP contribution in [0.2, 0.25) is 0 Å². The van der Waals surface area contributed by atoms with Gasteiger partial charge in [0.15, 0.2) is 0 Å². The Balaban J connectivity index is 2.08. The number of ether oxygens (including phenoxy) is 1. The summed E-state index contributed by atoms with van der Waals surface area (Å²) in [5.41, 5.74) is 0.612. The summed E-state index contributed by atoms with van der Waals surface area (Å²) >= 11 is 0. The van der Waals surface area contributed by atoms with Gasteiger partial charge in [0.05, 0.1) is 0 Å². The van der Waals surface area contributed by atoms with Crippen molar-refractivity contribution in [2.24, 2.45) is 5.92 Å². The van der Waals surface area contributed by atoms with E-state index in [0.29, 0.717) is 6.42 Å². The van der Waals surface area contributed by atoms with Gasteiger partial charge >= 0.3 is 6.09 Å². The lowest BCUT2D eigenvalue weighted by Gasteiger charge is -2.44. The third-order valence-electron chi connectivity index (χ3n) is 4.93. The Bertz CT molecular complexity index is 607. The monoisotopic (exact) mass is 360 g/mol. The van der Waals surface area contributed by atoms with Crippen LogP contribution in [0, 0.1) is 5.92 Å². The lowest BCUT2D eigenvalue weighted by molar-refractivity contribution is -0.135. The van der Waals surface area contributed by atoms with Crippen molar-refractivity contribution in [3.8, 4) is 0 Å². The second-order valence-corrected chi connectivity index (χ2v) is 8.33. The third kappa shape index (κ3) is 5.23. The normalized spacial score (nSPS) is 20.3. The van der Waals surface area contributed by atoms with Gasteiger partial charge in [0.25, 0.3) is 0 Å². The van der Waals surface area contributed by atoms with Crippen LogP contribution in [0.5, 0.6) is 0 Å². The van der Waals surface area contributed by atoms with Crippen molar-refractivity contribution in [2.45, 2.75) is 64.6 Å². The summed E-state index contributed by atoms with van der Waals surface area (Å²) in [7, 11) is 3.59. The first-order valence-corrected chi connectivity index (χ1v) is 9.41. The maximum atomic E-state index is 12.9. The molecule has 5 heteroatoms. The van der Waals surface area contributed by atoms with Crippen LogP contribution in [-0.4, -0.2) is 47.5 Å². The largest absolute Gasteiger partial charge is 0.445 e. The molecular weight excluding hydrogens is 328 g/mol. The first-order chi connectivity index (χ1) is 12.2. The second-order valence-electron chi connectivity index (χ2n) is 8.33. The van der Waals surface area contributed by atoms with E-state index in [2.05, 4.69) is 0 Å². The molecule has 1 aliphatic rings. The van der Waals surface area contributed by atoms with Crippen LogP contribution >= 0.6 is 0 Å². The Morgan fingerprint density at radius 1 is 1.12 bits per heavy atom. The van der Waals surface area contributed by atoms with Crippen molar-refractivity contribution in [3.63, 3.8) is 0 Å². The highest BCUT2D eigenvalue weighted by Crippen LogP contribution is 2.33. The number of benzene rings is 1. The van der Waals surface area contributed by atoms with Gasteiger partial charge in [0, 0.05) is 31.6 Å². The Labute approximate surface area is 157 Å². The maximum Gasteiger partial charge on any atom is 0.410 e. The highest BCUT2D eigenvalue weighted by atomic mass is 16.6. The number of carbonyl (C=O) groups is 2. The topological polar surface area (TPSA) is 49.9 Å². The highest BCUT2D eigenvalue weighted by molar-refractivity contribution is 5.78. The van der Waals surface area contributed by atoms with E-state index in [0.717, 1.165) is 24.8 Å². The number of rotatable bonds is 4. The zero-order valence-electron chi connectivity index (χ0n) is 16.7. The van der Waals surface area contributed by atoms with Crippen molar-refractivity contribution in [1.29, 1.82) is 0 Å². The molecule has 144 valence electrons. The Kier molecular flexibility index (Phi) is 6.68. The van der Waals surface area contributed by atoms with Crippen molar-refractivity contribution < 1.29 is 14.3 Å². The highest BCUT2D eigenvalue weighted by Gasteiger charge is 2.39. The summed E-state index contributed by atoms with van der Waals surface area (Å²) in [5, 5.41) is 0. The van der Waals surface area contributed by atoms with Gasteiger partial charge in [0.2, 0.25) is 5.91 Å². The van der Waals surface area contributed by atoms with Gasteiger partial charge in [-0.15, -0.1) is 0 Å². The fraction of sp³-hybridized carbons (Fsp3) is 0.619. The van der Waals surface area contributed by atoms with Gasteiger partial charge in [0.1, 0.15) is 6.61 Å². The van der Waals surface area contributed by atoms with Gasteiger partial charge in [-0.1, -0.05) is 36.8 Å². The molecule has 1 fully saturated rings. The number of hydrogen-bond donors (Lipinski definition) is 0. The molecule has 2 atom stereocenters. The quantitative estimate of drug-likeness (QED) is 0.813. The fourth-order valence-electron chi connectivity index (χ4n) is 3.75. The minimum Gasteiger partial charge on any atom is -0.445 e. The molecule has 0 heterocycles. The maximum absolute atomic E-state index is 12.9. The van der Waals surface area contributed by atoms with Gasteiger partial charge in [-0.3, -0.25) is 4.79 Å². The van der Waals surface area contributed by atoms with Crippen LogP contribution in [0.25, 0.3) is 0 Å². The van der Waals surface area contributed by atoms with Gasteiger partial charge < -0.3 is 14.5 Å². The molecule has 2 rings (SSSR count).